The average molecular weight is 308 g/mol. The van der Waals surface area contributed by atoms with Crippen LogP contribution in [0, 0.1) is 12.8 Å². The number of hydrogen-bond acceptors (Lipinski definition) is 3. The van der Waals surface area contributed by atoms with Crippen molar-refractivity contribution in [2.24, 2.45) is 5.92 Å². The number of fused-ring (bicyclic) bond motifs is 1. The number of nitrogens with zero attached hydrogens (tertiary/aromatic N) is 3. The van der Waals surface area contributed by atoms with Crippen molar-refractivity contribution in [3.8, 4) is 0 Å². The number of halogens is 2. The van der Waals surface area contributed by atoms with Crippen LogP contribution in [0.4, 0.5) is 8.78 Å². The third-order valence-electron chi connectivity index (χ3n) is 4.24. The molecular formula is C15H18F2N4O. The molecule has 0 aliphatic heterocycles. The van der Waals surface area contributed by atoms with Crippen molar-refractivity contribution in [2.45, 2.75) is 38.5 Å². The lowest BCUT2D eigenvalue weighted by Gasteiger charge is -2.31. The minimum atomic E-state index is -2.69. The maximum atomic E-state index is 13.8. The Hall–Kier alpha value is -2.05. The standard InChI is InChI=1S/C15H18F2N4O/c1-10-12(9-21-13(20-10)5-7-19-21)14(22)18-8-11-4-2-3-6-15(11,16)17/h5,7,9,11H,2-4,6,8H2,1H3,(H,18,22). The summed E-state index contributed by atoms with van der Waals surface area (Å²) in [5.74, 6) is -3.86. The molecule has 2 aromatic heterocycles. The van der Waals surface area contributed by atoms with E-state index < -0.39 is 11.8 Å². The van der Waals surface area contributed by atoms with Crippen LogP contribution >= 0.6 is 0 Å². The molecule has 1 amide bonds. The van der Waals surface area contributed by atoms with Crippen molar-refractivity contribution in [1.82, 2.24) is 19.9 Å². The van der Waals surface area contributed by atoms with E-state index in [1.54, 1.807) is 25.4 Å². The molecule has 0 aromatic carbocycles. The predicted molar refractivity (Wildman–Crippen MR) is 77.0 cm³/mol. The average Bonchev–Trinajstić information content (AvgIpc) is 2.91. The molecule has 1 unspecified atom stereocenters. The van der Waals surface area contributed by atoms with Gasteiger partial charge in [-0.25, -0.2) is 18.3 Å². The van der Waals surface area contributed by atoms with Crippen LogP contribution in [0.2, 0.25) is 0 Å². The first-order valence-corrected chi connectivity index (χ1v) is 7.44. The SMILES string of the molecule is Cc1nc2ccnn2cc1C(=O)NCC1CCCCC1(F)F. The Morgan fingerprint density at radius 1 is 1.50 bits per heavy atom. The van der Waals surface area contributed by atoms with Gasteiger partial charge in [0.25, 0.3) is 11.8 Å². The molecule has 2 aromatic rings. The molecule has 0 saturated heterocycles. The van der Waals surface area contributed by atoms with E-state index in [0.29, 0.717) is 29.7 Å². The second-order valence-electron chi connectivity index (χ2n) is 5.79. The quantitative estimate of drug-likeness (QED) is 0.948. The highest BCUT2D eigenvalue weighted by Crippen LogP contribution is 2.37. The highest BCUT2D eigenvalue weighted by atomic mass is 19.3. The number of rotatable bonds is 3. The molecule has 0 radical (unpaired) electrons. The normalized spacial score (nSPS) is 21.0. The zero-order chi connectivity index (χ0) is 15.7. The van der Waals surface area contributed by atoms with Gasteiger partial charge in [0.15, 0.2) is 5.65 Å². The summed E-state index contributed by atoms with van der Waals surface area (Å²) >= 11 is 0. The molecule has 1 saturated carbocycles. The number of aryl methyl sites for hydroxylation is 1. The van der Waals surface area contributed by atoms with Gasteiger partial charge in [-0.15, -0.1) is 0 Å². The van der Waals surface area contributed by atoms with Crippen molar-refractivity contribution >= 4 is 11.6 Å². The summed E-state index contributed by atoms with van der Waals surface area (Å²) in [5.41, 5.74) is 1.56. The molecule has 1 N–H and O–H groups in total. The first-order valence-electron chi connectivity index (χ1n) is 7.44. The van der Waals surface area contributed by atoms with Gasteiger partial charge in [0.2, 0.25) is 0 Å². The summed E-state index contributed by atoms with van der Waals surface area (Å²) in [7, 11) is 0. The molecule has 1 fully saturated rings. The van der Waals surface area contributed by atoms with Crippen LogP contribution in [0.1, 0.15) is 41.7 Å². The van der Waals surface area contributed by atoms with Crippen LogP contribution in [0.3, 0.4) is 0 Å². The Bertz CT molecular complexity index is 698. The van der Waals surface area contributed by atoms with Crippen molar-refractivity contribution in [3.63, 3.8) is 0 Å². The summed E-state index contributed by atoms with van der Waals surface area (Å²) in [6.07, 6.45) is 4.86. The van der Waals surface area contributed by atoms with E-state index in [1.807, 2.05) is 0 Å². The molecule has 0 spiro atoms. The number of amides is 1. The Balaban J connectivity index is 1.71. The van der Waals surface area contributed by atoms with Gasteiger partial charge in [-0.05, 0) is 19.8 Å². The Morgan fingerprint density at radius 3 is 3.09 bits per heavy atom. The molecule has 2 heterocycles. The number of alkyl halides is 2. The number of hydrogen-bond donors (Lipinski definition) is 1. The van der Waals surface area contributed by atoms with Crippen LogP contribution in [0.25, 0.3) is 5.65 Å². The van der Waals surface area contributed by atoms with Crippen molar-refractivity contribution in [1.29, 1.82) is 0 Å². The summed E-state index contributed by atoms with van der Waals surface area (Å²) < 4.78 is 29.1. The lowest BCUT2D eigenvalue weighted by Crippen LogP contribution is -2.41. The molecule has 1 aliphatic carbocycles. The van der Waals surface area contributed by atoms with Crippen molar-refractivity contribution in [2.75, 3.05) is 6.54 Å². The second kappa shape index (κ2) is 5.62. The van der Waals surface area contributed by atoms with Gasteiger partial charge in [0.1, 0.15) is 0 Å². The summed E-state index contributed by atoms with van der Waals surface area (Å²) in [6.45, 7) is 1.71. The Kier molecular flexibility index (Phi) is 3.80. The van der Waals surface area contributed by atoms with Gasteiger partial charge in [-0.3, -0.25) is 4.79 Å². The lowest BCUT2D eigenvalue weighted by molar-refractivity contribution is -0.0835. The van der Waals surface area contributed by atoms with Gasteiger partial charge in [-0.1, -0.05) is 6.42 Å². The molecular weight excluding hydrogens is 290 g/mol. The summed E-state index contributed by atoms with van der Waals surface area (Å²) in [6, 6.07) is 1.73. The molecule has 7 heteroatoms. The van der Waals surface area contributed by atoms with Gasteiger partial charge in [0, 0.05) is 31.1 Å². The third kappa shape index (κ3) is 2.80. The van der Waals surface area contributed by atoms with Crippen LogP contribution < -0.4 is 5.32 Å². The Morgan fingerprint density at radius 2 is 2.32 bits per heavy atom. The fraction of sp³-hybridized carbons (Fsp3) is 0.533. The lowest BCUT2D eigenvalue weighted by atomic mass is 9.85. The molecule has 22 heavy (non-hydrogen) atoms. The molecule has 0 bridgehead atoms. The van der Waals surface area contributed by atoms with E-state index in [2.05, 4.69) is 15.4 Å². The largest absolute Gasteiger partial charge is 0.351 e. The maximum absolute atomic E-state index is 13.8. The highest BCUT2D eigenvalue weighted by Gasteiger charge is 2.41. The predicted octanol–water partition coefficient (Wildman–Crippen LogP) is 2.59. The van der Waals surface area contributed by atoms with Gasteiger partial charge >= 0.3 is 0 Å². The van der Waals surface area contributed by atoms with Crippen molar-refractivity contribution < 1.29 is 13.6 Å². The zero-order valence-electron chi connectivity index (χ0n) is 12.4. The van der Waals surface area contributed by atoms with Gasteiger partial charge in [-0.2, -0.15) is 5.10 Å². The molecule has 1 aliphatic rings. The maximum Gasteiger partial charge on any atom is 0.254 e. The number of nitrogens with one attached hydrogen (secondary N) is 1. The van der Waals surface area contributed by atoms with E-state index in [0.717, 1.165) is 6.42 Å². The van der Waals surface area contributed by atoms with Crippen LogP contribution in [-0.2, 0) is 0 Å². The fourth-order valence-electron chi connectivity index (χ4n) is 2.90. The molecule has 1 atom stereocenters. The number of carbonyl (C=O) groups is 1. The fourth-order valence-corrected chi connectivity index (χ4v) is 2.90. The van der Waals surface area contributed by atoms with Crippen LogP contribution in [0.15, 0.2) is 18.5 Å². The van der Waals surface area contributed by atoms with E-state index in [-0.39, 0.29) is 18.9 Å². The third-order valence-corrected chi connectivity index (χ3v) is 4.24. The minimum absolute atomic E-state index is 0.0115. The van der Waals surface area contributed by atoms with E-state index in [9.17, 15) is 13.6 Å². The highest BCUT2D eigenvalue weighted by molar-refractivity contribution is 5.95. The smallest absolute Gasteiger partial charge is 0.254 e. The van der Waals surface area contributed by atoms with E-state index >= 15 is 0 Å². The van der Waals surface area contributed by atoms with E-state index in [1.165, 1.54) is 4.52 Å². The second-order valence-corrected chi connectivity index (χ2v) is 5.79. The topological polar surface area (TPSA) is 59.3 Å². The minimum Gasteiger partial charge on any atom is -0.351 e. The zero-order valence-corrected chi connectivity index (χ0v) is 12.4. The number of carbonyl (C=O) groups excluding carboxylic acids is 1. The molecule has 118 valence electrons. The van der Waals surface area contributed by atoms with Gasteiger partial charge < -0.3 is 5.32 Å². The first kappa shape index (κ1) is 14.9. The first-order chi connectivity index (χ1) is 10.5. The number of aromatic nitrogens is 3. The van der Waals surface area contributed by atoms with Crippen LogP contribution in [-0.4, -0.2) is 33.0 Å². The summed E-state index contributed by atoms with van der Waals surface area (Å²) in [4.78, 5) is 16.5. The van der Waals surface area contributed by atoms with E-state index in [4.69, 9.17) is 0 Å². The Labute approximate surface area is 126 Å². The molecule has 3 rings (SSSR count). The van der Waals surface area contributed by atoms with Crippen LogP contribution in [0.5, 0.6) is 0 Å². The van der Waals surface area contributed by atoms with Gasteiger partial charge in [0.05, 0.1) is 17.5 Å². The molecule has 5 nitrogen and oxygen atoms in total. The monoisotopic (exact) mass is 308 g/mol. The summed E-state index contributed by atoms with van der Waals surface area (Å²) in [5, 5.41) is 6.65. The van der Waals surface area contributed by atoms with Crippen molar-refractivity contribution in [3.05, 3.63) is 29.7 Å².